The van der Waals surface area contributed by atoms with Crippen LogP contribution in [-0.4, -0.2) is 61.0 Å². The lowest BCUT2D eigenvalue weighted by Gasteiger charge is -2.35. The lowest BCUT2D eigenvalue weighted by atomic mass is 10.0. The molecule has 1 unspecified atom stereocenters. The lowest BCUT2D eigenvalue weighted by molar-refractivity contribution is -0.136. The summed E-state index contributed by atoms with van der Waals surface area (Å²) in [4.78, 5) is 14.3. The largest absolute Gasteiger partial charge is 0.341 e. The molecule has 2 atom stereocenters. The van der Waals surface area contributed by atoms with Gasteiger partial charge in [0.05, 0.1) is 5.25 Å². The fourth-order valence-electron chi connectivity index (χ4n) is 4.01. The highest BCUT2D eigenvalue weighted by Gasteiger charge is 2.40. The van der Waals surface area contributed by atoms with Crippen molar-refractivity contribution >= 4 is 15.9 Å². The van der Waals surface area contributed by atoms with E-state index in [0.29, 0.717) is 32.6 Å². The van der Waals surface area contributed by atoms with Crippen LogP contribution in [0.2, 0.25) is 0 Å². The van der Waals surface area contributed by atoms with Crippen LogP contribution in [-0.2, 0) is 14.8 Å². The van der Waals surface area contributed by atoms with E-state index in [1.54, 1.807) is 4.90 Å². The summed E-state index contributed by atoms with van der Waals surface area (Å²) < 4.78 is 27.0. The molecule has 0 spiro atoms. The van der Waals surface area contributed by atoms with Crippen LogP contribution in [0.3, 0.4) is 0 Å². The van der Waals surface area contributed by atoms with Gasteiger partial charge in [-0.1, -0.05) is 12.8 Å². The van der Waals surface area contributed by atoms with Gasteiger partial charge in [0.25, 0.3) is 0 Å². The van der Waals surface area contributed by atoms with Crippen LogP contribution in [0.5, 0.6) is 0 Å². The number of nitrogens with zero attached hydrogens (tertiary/aromatic N) is 2. The van der Waals surface area contributed by atoms with Gasteiger partial charge in [0.1, 0.15) is 0 Å². The van der Waals surface area contributed by atoms with E-state index >= 15 is 0 Å². The van der Waals surface area contributed by atoms with Crippen molar-refractivity contribution in [1.29, 1.82) is 0 Å². The summed E-state index contributed by atoms with van der Waals surface area (Å²) in [5.41, 5.74) is 5.84. The van der Waals surface area contributed by atoms with Crippen LogP contribution < -0.4 is 5.73 Å². The highest BCUT2D eigenvalue weighted by atomic mass is 32.2. The number of rotatable bonds is 3. The fourth-order valence-corrected chi connectivity index (χ4v) is 6.02. The third-order valence-electron chi connectivity index (χ3n) is 5.36. The fraction of sp³-hybridized carbons (Fsp3) is 0.933. The number of nitrogens with two attached hydrogens (primary N) is 1. The van der Waals surface area contributed by atoms with E-state index in [-0.39, 0.29) is 17.9 Å². The van der Waals surface area contributed by atoms with Crippen LogP contribution in [0.4, 0.5) is 0 Å². The predicted molar refractivity (Wildman–Crippen MR) is 84.6 cm³/mol. The van der Waals surface area contributed by atoms with E-state index in [9.17, 15) is 13.2 Å². The minimum atomic E-state index is -3.33. The smallest absolute Gasteiger partial charge is 0.225 e. The zero-order chi connectivity index (χ0) is 15.7. The van der Waals surface area contributed by atoms with Gasteiger partial charge in [-0.15, -0.1) is 0 Å². The molecule has 2 aliphatic heterocycles. The average Bonchev–Trinajstić information content (AvgIpc) is 3.18. The van der Waals surface area contributed by atoms with Crippen LogP contribution >= 0.6 is 0 Å². The van der Waals surface area contributed by atoms with E-state index in [1.807, 2.05) is 0 Å². The monoisotopic (exact) mass is 329 g/mol. The van der Waals surface area contributed by atoms with E-state index in [1.165, 1.54) is 4.31 Å². The molecule has 2 saturated heterocycles. The Hall–Kier alpha value is -0.660. The van der Waals surface area contributed by atoms with Crippen molar-refractivity contribution in [2.45, 2.75) is 56.2 Å². The van der Waals surface area contributed by atoms with Gasteiger partial charge in [-0.05, 0) is 32.1 Å². The second-order valence-corrected chi connectivity index (χ2v) is 9.19. The summed E-state index contributed by atoms with van der Waals surface area (Å²) in [5, 5.41) is -0.447. The van der Waals surface area contributed by atoms with Gasteiger partial charge in [-0.3, -0.25) is 4.79 Å². The second kappa shape index (κ2) is 6.45. The molecular formula is C15H27N3O3S. The van der Waals surface area contributed by atoms with E-state index in [2.05, 4.69) is 0 Å². The third-order valence-corrected chi connectivity index (χ3v) is 7.64. The van der Waals surface area contributed by atoms with Crippen molar-refractivity contribution < 1.29 is 13.2 Å². The maximum absolute atomic E-state index is 12.8. The molecule has 2 N–H and O–H groups in total. The Labute approximate surface area is 133 Å². The van der Waals surface area contributed by atoms with Crippen LogP contribution in [0.1, 0.15) is 44.9 Å². The van der Waals surface area contributed by atoms with E-state index in [0.717, 1.165) is 38.5 Å². The minimum Gasteiger partial charge on any atom is -0.341 e. The number of amides is 1. The highest BCUT2D eigenvalue weighted by molar-refractivity contribution is 7.89. The van der Waals surface area contributed by atoms with Crippen LogP contribution in [0.25, 0.3) is 0 Å². The second-order valence-electron chi connectivity index (χ2n) is 6.98. The standard InChI is InChI=1S/C15H27N3O3S/c16-13-7-9-18(10-13)22(20,21)14-6-3-8-17(11-14)15(19)12-4-1-2-5-12/h12-14H,1-11,16H2/t13-,14?/m0/s1. The molecule has 1 aliphatic carbocycles. The molecule has 3 aliphatic rings. The van der Waals surface area contributed by atoms with Gasteiger partial charge in [-0.25, -0.2) is 12.7 Å². The summed E-state index contributed by atoms with van der Waals surface area (Å²) >= 11 is 0. The number of carbonyl (C=O) groups is 1. The molecule has 0 bridgehead atoms. The third kappa shape index (κ3) is 3.16. The normalized spacial score (nSPS) is 31.8. The molecule has 0 radical (unpaired) electrons. The first-order valence-electron chi connectivity index (χ1n) is 8.52. The Bertz CT molecular complexity index is 516. The van der Waals surface area contributed by atoms with Crippen molar-refractivity contribution in [2.75, 3.05) is 26.2 Å². The summed E-state index contributed by atoms with van der Waals surface area (Å²) in [6.07, 6.45) is 6.35. The Morgan fingerprint density at radius 2 is 1.68 bits per heavy atom. The SMILES string of the molecule is N[C@H]1CCN(S(=O)(=O)C2CCCN(C(=O)C3CCCC3)C2)C1. The first-order chi connectivity index (χ1) is 10.5. The minimum absolute atomic E-state index is 0.0467. The molecule has 7 heteroatoms. The molecule has 22 heavy (non-hydrogen) atoms. The maximum Gasteiger partial charge on any atom is 0.225 e. The Morgan fingerprint density at radius 1 is 0.955 bits per heavy atom. The number of hydrogen-bond acceptors (Lipinski definition) is 4. The number of piperidine rings is 1. The molecule has 0 aromatic carbocycles. The first-order valence-corrected chi connectivity index (χ1v) is 10.0. The summed E-state index contributed by atoms with van der Waals surface area (Å²) in [5.74, 6) is 0.303. The van der Waals surface area contributed by atoms with Crippen molar-refractivity contribution in [1.82, 2.24) is 9.21 Å². The quantitative estimate of drug-likeness (QED) is 0.819. The zero-order valence-corrected chi connectivity index (χ0v) is 13.9. The van der Waals surface area contributed by atoms with Crippen molar-refractivity contribution in [3.05, 3.63) is 0 Å². The van der Waals surface area contributed by atoms with Gasteiger partial charge in [-0.2, -0.15) is 0 Å². The van der Waals surface area contributed by atoms with Gasteiger partial charge in [0, 0.05) is 38.1 Å². The number of hydrogen-bond donors (Lipinski definition) is 1. The molecule has 0 aromatic heterocycles. The van der Waals surface area contributed by atoms with Gasteiger partial charge >= 0.3 is 0 Å². The Kier molecular flexibility index (Phi) is 4.75. The van der Waals surface area contributed by atoms with Gasteiger partial charge < -0.3 is 10.6 Å². The average molecular weight is 329 g/mol. The predicted octanol–water partition coefficient (Wildman–Crippen LogP) is 0.530. The van der Waals surface area contributed by atoms with Crippen molar-refractivity contribution in [3.8, 4) is 0 Å². The van der Waals surface area contributed by atoms with Crippen LogP contribution in [0.15, 0.2) is 0 Å². The van der Waals surface area contributed by atoms with E-state index < -0.39 is 15.3 Å². The lowest BCUT2D eigenvalue weighted by Crippen LogP contribution is -2.50. The van der Waals surface area contributed by atoms with Crippen LogP contribution in [0, 0.1) is 5.92 Å². The number of likely N-dealkylation sites (tertiary alicyclic amines) is 1. The molecule has 126 valence electrons. The Morgan fingerprint density at radius 3 is 2.32 bits per heavy atom. The molecule has 6 nitrogen and oxygen atoms in total. The van der Waals surface area contributed by atoms with Crippen molar-refractivity contribution in [3.63, 3.8) is 0 Å². The van der Waals surface area contributed by atoms with Gasteiger partial charge in [0.2, 0.25) is 15.9 Å². The topological polar surface area (TPSA) is 83.7 Å². The number of sulfonamides is 1. The maximum atomic E-state index is 12.8. The van der Waals surface area contributed by atoms with Crippen molar-refractivity contribution in [2.24, 2.45) is 11.7 Å². The van der Waals surface area contributed by atoms with Gasteiger partial charge in [0.15, 0.2) is 0 Å². The summed E-state index contributed by atoms with van der Waals surface area (Å²) in [6, 6.07) is -0.0467. The zero-order valence-electron chi connectivity index (χ0n) is 13.1. The first kappa shape index (κ1) is 16.2. The Balaban J connectivity index is 1.66. The molecule has 1 amide bonds. The van der Waals surface area contributed by atoms with E-state index in [4.69, 9.17) is 5.73 Å². The molecule has 1 saturated carbocycles. The summed E-state index contributed by atoms with van der Waals surface area (Å²) in [6.45, 7) is 2.02. The summed E-state index contributed by atoms with van der Waals surface area (Å²) in [7, 11) is -3.33. The molecule has 3 fully saturated rings. The molecule has 3 rings (SSSR count). The highest BCUT2D eigenvalue weighted by Crippen LogP contribution is 2.29. The number of carbonyl (C=O) groups excluding carboxylic acids is 1. The molecule has 0 aromatic rings. The molecular weight excluding hydrogens is 302 g/mol. The molecule has 2 heterocycles.